The molecule has 15 heavy (non-hydrogen) atoms. The maximum Gasteiger partial charge on any atom is 0.312 e. The minimum atomic E-state index is -1.84. The molecule has 1 amide bonds. The molecule has 0 saturated carbocycles. The van der Waals surface area contributed by atoms with E-state index in [0.29, 0.717) is 5.57 Å². The van der Waals surface area contributed by atoms with E-state index in [1.807, 2.05) is 19.6 Å². The summed E-state index contributed by atoms with van der Waals surface area (Å²) in [6, 6.07) is 0. The minimum absolute atomic E-state index is 0.0612. The van der Waals surface area contributed by atoms with E-state index in [-0.39, 0.29) is 18.4 Å². The molecule has 0 aromatic rings. The predicted molar refractivity (Wildman–Crippen MR) is 61.9 cm³/mol. The van der Waals surface area contributed by atoms with Gasteiger partial charge in [0.1, 0.15) is 6.54 Å². The highest BCUT2D eigenvalue weighted by atomic mass is 28.4. The second-order valence-electron chi connectivity index (χ2n) is 4.24. The van der Waals surface area contributed by atoms with Crippen molar-refractivity contribution in [2.45, 2.75) is 33.5 Å². The lowest BCUT2D eigenvalue weighted by Crippen LogP contribution is -2.37. The molecule has 0 atom stereocenters. The van der Waals surface area contributed by atoms with E-state index in [2.05, 4.69) is 5.32 Å². The molecule has 0 radical (unpaired) electrons. The molecule has 0 heterocycles. The van der Waals surface area contributed by atoms with Gasteiger partial charge in [0, 0.05) is 5.57 Å². The largest absolute Gasteiger partial charge is 0.519 e. The first-order chi connectivity index (χ1) is 6.76. The smallest absolute Gasteiger partial charge is 0.312 e. The van der Waals surface area contributed by atoms with Crippen LogP contribution in [-0.2, 0) is 14.0 Å². The molecule has 0 aromatic heterocycles. The molecular weight excluding hydrogens is 210 g/mol. The third-order valence-corrected chi connectivity index (χ3v) is 2.44. The van der Waals surface area contributed by atoms with Gasteiger partial charge in [0.05, 0.1) is 0 Å². The van der Waals surface area contributed by atoms with Crippen molar-refractivity contribution in [2.24, 2.45) is 0 Å². The van der Waals surface area contributed by atoms with E-state index in [1.165, 1.54) is 0 Å². The fraction of sp³-hybridized carbons (Fsp3) is 0.600. The Bertz CT molecular complexity index is 279. The summed E-state index contributed by atoms with van der Waals surface area (Å²) in [5, 5.41) is 2.50. The monoisotopic (exact) mass is 229 g/mol. The summed E-state index contributed by atoms with van der Waals surface area (Å²) in [4.78, 5) is 22.5. The van der Waals surface area contributed by atoms with E-state index in [4.69, 9.17) is 4.43 Å². The molecule has 0 spiro atoms. The molecule has 5 heteroatoms. The van der Waals surface area contributed by atoms with Gasteiger partial charge in [0.15, 0.2) is 0 Å². The summed E-state index contributed by atoms with van der Waals surface area (Å²) >= 11 is 0. The Morgan fingerprint density at radius 3 is 2.27 bits per heavy atom. The Morgan fingerprint density at radius 2 is 1.87 bits per heavy atom. The molecule has 0 aromatic carbocycles. The van der Waals surface area contributed by atoms with Crippen LogP contribution in [0.1, 0.15) is 13.8 Å². The van der Waals surface area contributed by atoms with Gasteiger partial charge in [-0.15, -0.1) is 0 Å². The van der Waals surface area contributed by atoms with Crippen LogP contribution in [0, 0.1) is 0 Å². The summed E-state index contributed by atoms with van der Waals surface area (Å²) in [7, 11) is -1.84. The van der Waals surface area contributed by atoms with Crippen molar-refractivity contribution >= 4 is 20.2 Å². The van der Waals surface area contributed by atoms with E-state index in [9.17, 15) is 9.59 Å². The first kappa shape index (κ1) is 13.9. The van der Waals surface area contributed by atoms with E-state index in [1.54, 1.807) is 19.9 Å². The highest BCUT2D eigenvalue weighted by Gasteiger charge is 2.19. The molecule has 0 saturated heterocycles. The number of carbonyl (C=O) groups is 2. The average molecular weight is 229 g/mol. The zero-order valence-corrected chi connectivity index (χ0v) is 11.0. The van der Waals surface area contributed by atoms with Gasteiger partial charge in [0.25, 0.3) is 0 Å². The Hall–Kier alpha value is -1.10. The maximum absolute atomic E-state index is 11.3. The highest BCUT2D eigenvalue weighted by molar-refractivity contribution is 6.71. The predicted octanol–water partition coefficient (Wildman–Crippen LogP) is 1.45. The first-order valence-electron chi connectivity index (χ1n) is 4.89. The summed E-state index contributed by atoms with van der Waals surface area (Å²) in [6.07, 6.45) is 1.69. The normalized spacial score (nSPS) is 12.2. The van der Waals surface area contributed by atoms with Crippen LogP contribution in [0.4, 0.5) is 0 Å². The lowest BCUT2D eigenvalue weighted by molar-refractivity contribution is -0.135. The van der Waals surface area contributed by atoms with Crippen LogP contribution >= 0.6 is 0 Å². The van der Waals surface area contributed by atoms with Gasteiger partial charge in [0.2, 0.25) is 14.2 Å². The summed E-state index contributed by atoms with van der Waals surface area (Å²) < 4.78 is 5.17. The minimum Gasteiger partial charge on any atom is -0.519 e. The molecule has 0 bridgehead atoms. The number of allylic oxidation sites excluding steroid dienone is 1. The molecule has 4 nitrogen and oxygen atoms in total. The molecule has 0 aliphatic rings. The van der Waals surface area contributed by atoms with Crippen molar-refractivity contribution in [3.63, 3.8) is 0 Å². The Morgan fingerprint density at radius 1 is 1.33 bits per heavy atom. The van der Waals surface area contributed by atoms with Gasteiger partial charge in [-0.05, 0) is 33.5 Å². The number of amides is 1. The topological polar surface area (TPSA) is 55.4 Å². The van der Waals surface area contributed by atoms with Crippen LogP contribution in [0.2, 0.25) is 19.6 Å². The van der Waals surface area contributed by atoms with Gasteiger partial charge >= 0.3 is 5.97 Å². The second kappa shape index (κ2) is 5.70. The fourth-order valence-electron chi connectivity index (χ4n) is 0.801. The van der Waals surface area contributed by atoms with Gasteiger partial charge in [-0.3, -0.25) is 9.59 Å². The van der Waals surface area contributed by atoms with Crippen LogP contribution in [0.25, 0.3) is 0 Å². The SMILES string of the molecule is C/C=C(/C)C(=O)NCC(=O)O[Si](C)(C)C. The first-order valence-corrected chi connectivity index (χ1v) is 8.30. The number of nitrogens with one attached hydrogen (secondary N) is 1. The van der Waals surface area contributed by atoms with Crippen molar-refractivity contribution in [3.8, 4) is 0 Å². The van der Waals surface area contributed by atoms with Crippen LogP contribution in [0.5, 0.6) is 0 Å². The molecule has 86 valence electrons. The number of carbonyl (C=O) groups excluding carboxylic acids is 2. The van der Waals surface area contributed by atoms with Crippen molar-refractivity contribution in [3.05, 3.63) is 11.6 Å². The van der Waals surface area contributed by atoms with E-state index >= 15 is 0 Å². The number of rotatable bonds is 4. The van der Waals surface area contributed by atoms with Crippen LogP contribution in [0.15, 0.2) is 11.6 Å². The number of hydrogen-bond acceptors (Lipinski definition) is 3. The average Bonchev–Trinajstić information content (AvgIpc) is 2.10. The molecule has 0 aliphatic heterocycles. The maximum atomic E-state index is 11.3. The van der Waals surface area contributed by atoms with Crippen molar-refractivity contribution in [1.82, 2.24) is 5.32 Å². The standard InChI is InChI=1S/C10H19NO3Si/c1-6-8(2)10(13)11-7-9(12)14-15(3,4)5/h6H,7H2,1-5H3,(H,11,13)/b8-6-. The van der Waals surface area contributed by atoms with Crippen LogP contribution < -0.4 is 5.32 Å². The lowest BCUT2D eigenvalue weighted by atomic mass is 10.3. The molecular formula is C10H19NO3Si. The fourth-order valence-corrected chi connectivity index (χ4v) is 1.56. The third-order valence-electron chi connectivity index (χ3n) is 1.60. The van der Waals surface area contributed by atoms with Crippen molar-refractivity contribution in [1.29, 1.82) is 0 Å². The Kier molecular flexibility index (Phi) is 5.28. The molecule has 0 unspecified atom stereocenters. The molecule has 0 fully saturated rings. The number of hydrogen-bond donors (Lipinski definition) is 1. The quantitative estimate of drug-likeness (QED) is 0.586. The lowest BCUT2D eigenvalue weighted by Gasteiger charge is -2.17. The molecule has 1 N–H and O–H groups in total. The van der Waals surface area contributed by atoms with Gasteiger partial charge in [-0.1, -0.05) is 6.08 Å². The third kappa shape index (κ3) is 6.90. The van der Waals surface area contributed by atoms with Crippen molar-refractivity contribution < 1.29 is 14.0 Å². The van der Waals surface area contributed by atoms with Crippen molar-refractivity contribution in [2.75, 3.05) is 6.54 Å². The Labute approximate surface area is 91.8 Å². The molecule has 0 aliphatic carbocycles. The van der Waals surface area contributed by atoms with Gasteiger partial charge in [-0.25, -0.2) is 0 Å². The van der Waals surface area contributed by atoms with Gasteiger partial charge in [-0.2, -0.15) is 0 Å². The second-order valence-corrected chi connectivity index (χ2v) is 8.67. The zero-order valence-electron chi connectivity index (χ0n) is 10.0. The van der Waals surface area contributed by atoms with E-state index in [0.717, 1.165) is 0 Å². The highest BCUT2D eigenvalue weighted by Crippen LogP contribution is 2.02. The van der Waals surface area contributed by atoms with Crippen LogP contribution in [0.3, 0.4) is 0 Å². The van der Waals surface area contributed by atoms with E-state index < -0.39 is 8.32 Å². The molecule has 0 rings (SSSR count). The summed E-state index contributed by atoms with van der Waals surface area (Å²) in [6.45, 7) is 9.17. The summed E-state index contributed by atoms with van der Waals surface area (Å²) in [5.74, 6) is -0.601. The summed E-state index contributed by atoms with van der Waals surface area (Å²) in [5.41, 5.74) is 0.593. The Balaban J connectivity index is 3.98. The van der Waals surface area contributed by atoms with Crippen LogP contribution in [-0.4, -0.2) is 26.7 Å². The van der Waals surface area contributed by atoms with Gasteiger partial charge < -0.3 is 9.74 Å². The zero-order chi connectivity index (χ0) is 12.1.